The van der Waals surface area contributed by atoms with Gasteiger partial charge in [-0.25, -0.2) is 10.2 Å². The number of halogens is 1. The number of hydrogen-bond acceptors (Lipinski definition) is 5. The van der Waals surface area contributed by atoms with Gasteiger partial charge in [0.2, 0.25) is 0 Å². The molecule has 6 heteroatoms. The van der Waals surface area contributed by atoms with Crippen LogP contribution < -0.4 is 11.6 Å². The number of nitrogens with zero attached hydrogens (tertiary/aromatic N) is 2. The summed E-state index contributed by atoms with van der Waals surface area (Å²) in [5.74, 6) is 5.49. The Morgan fingerprint density at radius 1 is 1.67 bits per heavy atom. The molecule has 0 atom stereocenters. The van der Waals surface area contributed by atoms with Crippen molar-refractivity contribution < 1.29 is 9.13 Å². The van der Waals surface area contributed by atoms with E-state index in [1.165, 1.54) is 17.3 Å². The fourth-order valence-corrected chi connectivity index (χ4v) is 1.60. The Kier molecular flexibility index (Phi) is 3.78. The summed E-state index contributed by atoms with van der Waals surface area (Å²) in [6.45, 7) is 3.03. The first-order valence-electron chi connectivity index (χ1n) is 5.84. The lowest BCUT2D eigenvalue weighted by molar-refractivity contribution is -0.0489. The largest absolute Gasteiger partial charge is 0.396 e. The van der Waals surface area contributed by atoms with Crippen LogP contribution in [0.2, 0.25) is 0 Å². The van der Waals surface area contributed by atoms with Crippen LogP contribution in [0.15, 0.2) is 18.5 Å². The van der Waals surface area contributed by atoms with Crippen LogP contribution in [0.5, 0.6) is 0 Å². The van der Waals surface area contributed by atoms with E-state index < -0.39 is 0 Å². The lowest BCUT2D eigenvalue weighted by Crippen LogP contribution is -2.50. The first kappa shape index (κ1) is 12.8. The molecule has 0 bridgehead atoms. The molecule has 4 N–H and O–H groups in total. The van der Waals surface area contributed by atoms with E-state index in [1.54, 1.807) is 6.20 Å². The van der Waals surface area contributed by atoms with Gasteiger partial charge < -0.3 is 15.5 Å². The van der Waals surface area contributed by atoms with Crippen LogP contribution in [-0.2, 0) is 11.2 Å². The third kappa shape index (κ3) is 2.60. The number of pyridine rings is 1. The average Bonchev–Trinajstić information content (AvgIpc) is 2.26. The minimum Gasteiger partial charge on any atom is -0.396 e. The van der Waals surface area contributed by atoms with Crippen LogP contribution in [0, 0.1) is 5.82 Å². The van der Waals surface area contributed by atoms with Crippen molar-refractivity contribution in [3.8, 4) is 0 Å². The smallest absolute Gasteiger partial charge is 0.130 e. The molecular formula is C12H17FN4O. The van der Waals surface area contributed by atoms with E-state index in [0.717, 1.165) is 0 Å². The molecule has 0 aromatic carbocycles. The molecular weight excluding hydrogens is 235 g/mol. The maximum Gasteiger partial charge on any atom is 0.130 e. The normalized spacial score (nSPS) is 16.5. The molecule has 0 spiro atoms. The molecule has 1 fully saturated rings. The monoisotopic (exact) mass is 252 g/mol. The number of aryl methyl sites for hydroxylation is 1. The Morgan fingerprint density at radius 3 is 2.89 bits per heavy atom. The van der Waals surface area contributed by atoms with Gasteiger partial charge in [-0.15, -0.1) is 0 Å². The van der Waals surface area contributed by atoms with Gasteiger partial charge in [-0.3, -0.25) is 4.98 Å². The van der Waals surface area contributed by atoms with Crippen molar-refractivity contribution in [3.63, 3.8) is 0 Å². The van der Waals surface area contributed by atoms with E-state index >= 15 is 0 Å². The molecule has 0 aliphatic carbocycles. The van der Waals surface area contributed by atoms with E-state index in [0.29, 0.717) is 36.6 Å². The molecule has 5 nitrogen and oxygen atoms in total. The molecule has 98 valence electrons. The second-order valence-corrected chi connectivity index (χ2v) is 4.24. The predicted octanol–water partition coefficient (Wildman–Crippen LogP) is 0.615. The molecule has 1 aromatic rings. The summed E-state index contributed by atoms with van der Waals surface area (Å²) in [6.07, 6.45) is 3.66. The molecule has 2 rings (SSSR count). The van der Waals surface area contributed by atoms with Crippen molar-refractivity contribution >= 4 is 5.70 Å². The Bertz CT molecular complexity index is 459. The minimum atomic E-state index is -0.297. The van der Waals surface area contributed by atoms with E-state index in [2.05, 4.69) is 4.98 Å². The summed E-state index contributed by atoms with van der Waals surface area (Å²) < 4.78 is 18.6. The van der Waals surface area contributed by atoms with E-state index in [4.69, 9.17) is 16.3 Å². The fraction of sp³-hybridized carbons (Fsp3) is 0.417. The first-order valence-corrected chi connectivity index (χ1v) is 5.84. The maximum atomic E-state index is 13.6. The van der Waals surface area contributed by atoms with Gasteiger partial charge in [0.1, 0.15) is 5.82 Å². The summed E-state index contributed by atoms with van der Waals surface area (Å²) in [5.41, 5.74) is 7.14. The zero-order valence-electron chi connectivity index (χ0n) is 10.3. The van der Waals surface area contributed by atoms with Crippen LogP contribution >= 0.6 is 0 Å². The second-order valence-electron chi connectivity index (χ2n) is 4.24. The van der Waals surface area contributed by atoms with E-state index in [9.17, 15) is 4.39 Å². The third-order valence-electron chi connectivity index (χ3n) is 2.94. The molecule has 1 saturated heterocycles. The topological polar surface area (TPSA) is 77.4 Å². The molecule has 0 amide bonds. The summed E-state index contributed by atoms with van der Waals surface area (Å²) in [7, 11) is 0. The highest BCUT2D eigenvalue weighted by Crippen LogP contribution is 2.14. The highest BCUT2D eigenvalue weighted by molar-refractivity contribution is 5.58. The first-order chi connectivity index (χ1) is 8.61. The van der Waals surface area contributed by atoms with Gasteiger partial charge in [0.05, 0.1) is 30.6 Å². The molecule has 1 aliphatic rings. The number of aromatic nitrogens is 1. The Hall–Kier alpha value is -1.66. The molecule has 18 heavy (non-hydrogen) atoms. The molecule has 0 saturated carbocycles. The Balaban J connectivity index is 2.14. The van der Waals surface area contributed by atoms with Crippen molar-refractivity contribution in [2.75, 3.05) is 13.2 Å². The zero-order valence-corrected chi connectivity index (χ0v) is 10.3. The van der Waals surface area contributed by atoms with Gasteiger partial charge in [0, 0.05) is 24.0 Å². The van der Waals surface area contributed by atoms with E-state index in [1.807, 2.05) is 6.92 Å². The van der Waals surface area contributed by atoms with Crippen molar-refractivity contribution in [1.82, 2.24) is 9.99 Å². The van der Waals surface area contributed by atoms with Crippen molar-refractivity contribution in [1.29, 1.82) is 0 Å². The average molecular weight is 252 g/mol. The number of rotatable bonds is 4. The summed E-state index contributed by atoms with van der Waals surface area (Å²) in [5, 5.41) is 1.48. The molecule has 0 unspecified atom stereocenters. The van der Waals surface area contributed by atoms with Crippen LogP contribution in [0.1, 0.15) is 18.2 Å². The predicted molar refractivity (Wildman–Crippen MR) is 66.4 cm³/mol. The Morgan fingerprint density at radius 2 is 2.39 bits per heavy atom. The van der Waals surface area contributed by atoms with Gasteiger partial charge in [-0.2, -0.15) is 0 Å². The molecule has 2 heterocycles. The van der Waals surface area contributed by atoms with Gasteiger partial charge >= 0.3 is 0 Å². The van der Waals surface area contributed by atoms with Crippen LogP contribution in [-0.4, -0.2) is 29.2 Å². The maximum absolute atomic E-state index is 13.6. The van der Waals surface area contributed by atoms with Gasteiger partial charge in [-0.05, 0) is 6.42 Å². The number of ether oxygens (including phenoxy) is 1. The lowest BCUT2D eigenvalue weighted by Gasteiger charge is -2.33. The number of hydrogen-bond donors (Lipinski definition) is 2. The zero-order chi connectivity index (χ0) is 13.1. The van der Waals surface area contributed by atoms with Gasteiger partial charge in [0.25, 0.3) is 0 Å². The minimum absolute atomic E-state index is 0.128. The third-order valence-corrected chi connectivity index (χ3v) is 2.94. The molecule has 1 aliphatic heterocycles. The van der Waals surface area contributed by atoms with Crippen LogP contribution in [0.3, 0.4) is 0 Å². The summed E-state index contributed by atoms with van der Waals surface area (Å²) >= 11 is 0. The number of hydrazine groups is 1. The number of nitrogens with two attached hydrogens (primary N) is 2. The van der Waals surface area contributed by atoms with E-state index in [-0.39, 0.29) is 11.9 Å². The molecule has 0 radical (unpaired) electrons. The lowest BCUT2D eigenvalue weighted by atomic mass is 10.2. The Labute approximate surface area is 105 Å². The quantitative estimate of drug-likeness (QED) is 0.606. The van der Waals surface area contributed by atoms with Gasteiger partial charge in [0.15, 0.2) is 0 Å². The fourth-order valence-electron chi connectivity index (χ4n) is 1.60. The standard InChI is InChI=1S/C12H17FN4O/c1-2-8-4-16-12(3-10(8)13)11(14)5-17(15)9-6-18-7-9/h3-5,9H,2,6-7,14-15H2,1H3/b11-5-. The van der Waals surface area contributed by atoms with Crippen LogP contribution in [0.25, 0.3) is 5.70 Å². The van der Waals surface area contributed by atoms with Crippen molar-refractivity contribution in [3.05, 3.63) is 35.5 Å². The second kappa shape index (κ2) is 5.32. The van der Waals surface area contributed by atoms with Crippen molar-refractivity contribution in [2.24, 2.45) is 11.6 Å². The SMILES string of the molecule is CCc1cnc(/C(N)=C/N(N)C2COC2)cc1F. The highest BCUT2D eigenvalue weighted by Gasteiger charge is 2.22. The highest BCUT2D eigenvalue weighted by atomic mass is 19.1. The molecule has 1 aromatic heterocycles. The van der Waals surface area contributed by atoms with Crippen molar-refractivity contribution in [2.45, 2.75) is 19.4 Å². The van der Waals surface area contributed by atoms with Crippen LogP contribution in [0.4, 0.5) is 4.39 Å². The summed E-state index contributed by atoms with van der Waals surface area (Å²) in [6, 6.07) is 1.46. The summed E-state index contributed by atoms with van der Waals surface area (Å²) in [4.78, 5) is 4.12. The van der Waals surface area contributed by atoms with Gasteiger partial charge in [-0.1, -0.05) is 6.92 Å².